The second kappa shape index (κ2) is 11.0. The van der Waals surface area contributed by atoms with E-state index in [0.717, 1.165) is 46.4 Å². The number of anilines is 2. The van der Waals surface area contributed by atoms with Crippen LogP contribution in [0.15, 0.2) is 69.5 Å². The molecule has 3 N–H and O–H groups in total. The van der Waals surface area contributed by atoms with Gasteiger partial charge in [-0.1, -0.05) is 52.9 Å². The van der Waals surface area contributed by atoms with Crippen LogP contribution in [0.25, 0.3) is 0 Å². The second-order valence-electron chi connectivity index (χ2n) is 9.04. The van der Waals surface area contributed by atoms with E-state index in [1.807, 2.05) is 31.2 Å². The van der Waals surface area contributed by atoms with Crippen LogP contribution in [0.2, 0.25) is 0 Å². The zero-order chi connectivity index (χ0) is 27.7. The molecule has 0 radical (unpaired) electrons. The first kappa shape index (κ1) is 26.5. The Morgan fingerprint density at radius 2 is 2.08 bits per heavy atom. The summed E-state index contributed by atoms with van der Waals surface area (Å²) in [7, 11) is 0. The number of aromatic nitrogens is 2. The van der Waals surface area contributed by atoms with Crippen LogP contribution >= 0.6 is 23.1 Å². The number of hydrogen-bond donors (Lipinski definition) is 2. The largest absolute Gasteiger partial charge is 0.384 e. The van der Waals surface area contributed by atoms with Crippen LogP contribution in [0.5, 0.6) is 0 Å². The Bertz CT molecular complexity index is 1590. The average Bonchev–Trinajstić information content (AvgIpc) is 3.37. The zero-order valence-electron chi connectivity index (χ0n) is 20.7. The molecule has 1 aliphatic heterocycles. The Morgan fingerprint density at radius 3 is 2.82 bits per heavy atom. The van der Waals surface area contributed by atoms with Gasteiger partial charge in [-0.3, -0.25) is 14.5 Å². The van der Waals surface area contributed by atoms with Gasteiger partial charge in [-0.05, 0) is 37.5 Å². The fourth-order valence-electron chi connectivity index (χ4n) is 4.74. The highest BCUT2D eigenvalue weighted by Gasteiger charge is 2.41. The molecule has 5 rings (SSSR count). The molecule has 39 heavy (non-hydrogen) atoms. The summed E-state index contributed by atoms with van der Waals surface area (Å²) < 4.78 is 27.4. The number of ketones is 1. The first-order chi connectivity index (χ1) is 18.8. The molecule has 2 aliphatic rings. The lowest BCUT2D eigenvalue weighted by Crippen LogP contribution is -2.38. The summed E-state index contributed by atoms with van der Waals surface area (Å²) in [5, 5.41) is 21.3. The van der Waals surface area contributed by atoms with Crippen molar-refractivity contribution in [2.24, 2.45) is 5.73 Å². The van der Waals surface area contributed by atoms with Crippen LogP contribution in [0.1, 0.15) is 36.3 Å². The molecule has 1 aromatic heterocycles. The third kappa shape index (κ3) is 5.28. The van der Waals surface area contributed by atoms with Gasteiger partial charge in [0.15, 0.2) is 10.1 Å². The Hall–Kier alpha value is -4.08. The Morgan fingerprint density at radius 1 is 1.26 bits per heavy atom. The smallest absolute Gasteiger partial charge is 0.234 e. The average molecular weight is 565 g/mol. The van der Waals surface area contributed by atoms with Crippen molar-refractivity contribution < 1.29 is 18.4 Å². The van der Waals surface area contributed by atoms with E-state index in [0.29, 0.717) is 46.1 Å². The van der Waals surface area contributed by atoms with Crippen LogP contribution in [0.3, 0.4) is 0 Å². The third-order valence-corrected chi connectivity index (χ3v) is 8.45. The first-order valence-electron chi connectivity index (χ1n) is 12.0. The number of benzene rings is 2. The minimum absolute atomic E-state index is 0.0307. The highest BCUT2D eigenvalue weighted by molar-refractivity contribution is 8.01. The molecule has 2 heterocycles. The van der Waals surface area contributed by atoms with Crippen molar-refractivity contribution in [3.05, 3.63) is 87.9 Å². The van der Waals surface area contributed by atoms with Crippen molar-refractivity contribution in [3.8, 4) is 6.07 Å². The summed E-state index contributed by atoms with van der Waals surface area (Å²) in [5.41, 5.74) is 9.79. The van der Waals surface area contributed by atoms with E-state index in [1.165, 1.54) is 0 Å². The number of thioether (sulfide) groups is 1. The topological polar surface area (TPSA) is 125 Å². The third-order valence-electron chi connectivity index (χ3n) is 6.41. The van der Waals surface area contributed by atoms with Gasteiger partial charge in [-0.2, -0.15) is 5.26 Å². The lowest BCUT2D eigenvalue weighted by molar-refractivity contribution is -0.116. The highest BCUT2D eigenvalue weighted by atomic mass is 32.2. The van der Waals surface area contributed by atoms with Gasteiger partial charge in [0.05, 0.1) is 29.0 Å². The molecule has 1 atom stereocenters. The van der Waals surface area contributed by atoms with Crippen molar-refractivity contribution in [2.45, 2.75) is 36.4 Å². The molecule has 2 aromatic carbocycles. The number of nitrogens with zero attached hydrogens (tertiary/aromatic N) is 4. The number of Topliss-reactive ketones (excluding diaryl/α,β-unsaturated/α-hetero) is 1. The van der Waals surface area contributed by atoms with E-state index in [9.17, 15) is 23.6 Å². The van der Waals surface area contributed by atoms with Crippen LogP contribution in [0.4, 0.5) is 19.6 Å². The van der Waals surface area contributed by atoms with Gasteiger partial charge in [-0.15, -0.1) is 10.2 Å². The summed E-state index contributed by atoms with van der Waals surface area (Å²) in [6.07, 6.45) is 1.61. The molecule has 1 amide bonds. The molecule has 0 spiro atoms. The number of halogens is 2. The molecule has 0 saturated carbocycles. The van der Waals surface area contributed by atoms with E-state index in [4.69, 9.17) is 5.73 Å². The van der Waals surface area contributed by atoms with Gasteiger partial charge in [-0.25, -0.2) is 8.78 Å². The lowest BCUT2D eigenvalue weighted by Gasteiger charge is -2.38. The predicted molar refractivity (Wildman–Crippen MR) is 145 cm³/mol. The second-order valence-corrected chi connectivity index (χ2v) is 11.2. The fourth-order valence-corrected chi connectivity index (χ4v) is 6.42. The van der Waals surface area contributed by atoms with Gasteiger partial charge in [0.1, 0.15) is 17.5 Å². The Balaban J connectivity index is 1.41. The Kier molecular flexibility index (Phi) is 7.45. The van der Waals surface area contributed by atoms with E-state index in [1.54, 1.807) is 4.90 Å². The lowest BCUT2D eigenvalue weighted by atomic mass is 9.75. The van der Waals surface area contributed by atoms with Crippen LogP contribution < -0.4 is 16.0 Å². The number of nitrogens with two attached hydrogens (primary N) is 1. The van der Waals surface area contributed by atoms with Gasteiger partial charge >= 0.3 is 0 Å². The normalized spacial score (nSPS) is 17.2. The van der Waals surface area contributed by atoms with Crippen molar-refractivity contribution in [3.63, 3.8) is 0 Å². The number of hydrogen-bond acceptors (Lipinski definition) is 9. The minimum Gasteiger partial charge on any atom is -0.384 e. The highest BCUT2D eigenvalue weighted by Crippen LogP contribution is 2.47. The van der Waals surface area contributed by atoms with Crippen molar-refractivity contribution in [1.82, 2.24) is 10.2 Å². The maximum absolute atomic E-state index is 13.8. The maximum atomic E-state index is 13.8. The van der Waals surface area contributed by atoms with E-state index >= 15 is 0 Å². The monoisotopic (exact) mass is 564 g/mol. The Labute approximate surface area is 231 Å². The minimum atomic E-state index is -0.873. The van der Waals surface area contributed by atoms with Crippen LogP contribution in [0, 0.1) is 29.9 Å². The molecule has 3 aromatic rings. The summed E-state index contributed by atoms with van der Waals surface area (Å²) in [6.45, 7) is 1.95. The van der Waals surface area contributed by atoms with E-state index in [-0.39, 0.29) is 28.6 Å². The summed E-state index contributed by atoms with van der Waals surface area (Å²) in [5.74, 6) is -2.62. The number of carbonyl (C=O) groups is 2. The zero-order valence-corrected chi connectivity index (χ0v) is 22.3. The molecule has 0 fully saturated rings. The first-order valence-corrected chi connectivity index (χ1v) is 13.8. The number of nitriles is 1. The summed E-state index contributed by atoms with van der Waals surface area (Å²) >= 11 is 2.24. The van der Waals surface area contributed by atoms with Crippen molar-refractivity contribution >= 4 is 45.6 Å². The summed E-state index contributed by atoms with van der Waals surface area (Å²) in [6, 6.07) is 12.8. The molecule has 0 saturated heterocycles. The number of aryl methyl sites for hydroxylation is 1. The number of allylic oxidation sites excluding steroid dienone is 3. The van der Waals surface area contributed by atoms with Gasteiger partial charge in [0.2, 0.25) is 11.0 Å². The number of carbonyl (C=O) groups excluding carboxylic acids is 2. The van der Waals surface area contributed by atoms with Gasteiger partial charge in [0.25, 0.3) is 0 Å². The number of amides is 1. The molecule has 0 bridgehead atoms. The van der Waals surface area contributed by atoms with Gasteiger partial charge < -0.3 is 11.1 Å². The van der Waals surface area contributed by atoms with E-state index < -0.39 is 23.5 Å². The predicted octanol–water partition coefficient (Wildman–Crippen LogP) is 5.16. The van der Waals surface area contributed by atoms with Crippen molar-refractivity contribution in [1.29, 1.82) is 5.26 Å². The van der Waals surface area contributed by atoms with Crippen LogP contribution in [-0.4, -0.2) is 27.6 Å². The molecular formula is C27H22F2N6O2S2. The number of rotatable bonds is 6. The molecule has 8 nitrogen and oxygen atoms in total. The van der Waals surface area contributed by atoms with Gasteiger partial charge in [0, 0.05) is 23.8 Å². The maximum Gasteiger partial charge on any atom is 0.234 e. The molecule has 1 unspecified atom stereocenters. The standard InChI is InChI=1S/C27H22F2N6O2S2/c1-14-4-2-5-15(10-14)23-17(12-30)25(31)35(20-6-3-7-21(36)24(20)23)26-33-34-27(39-26)38-13-22(37)32-19-9-8-16(28)11-18(19)29/h2,4-5,8-11,23H,3,6-7,13,31H2,1H3,(H,32,37). The molecular weight excluding hydrogens is 542 g/mol. The molecule has 198 valence electrons. The van der Waals surface area contributed by atoms with Crippen molar-refractivity contribution in [2.75, 3.05) is 16.0 Å². The molecule has 12 heteroatoms. The fraction of sp³-hybridized carbons (Fsp3) is 0.222. The molecule has 1 aliphatic carbocycles. The van der Waals surface area contributed by atoms with E-state index in [2.05, 4.69) is 21.6 Å². The van der Waals surface area contributed by atoms with Crippen LogP contribution in [-0.2, 0) is 9.59 Å². The summed E-state index contributed by atoms with van der Waals surface area (Å²) in [4.78, 5) is 27.2. The quantitative estimate of drug-likeness (QED) is 0.394. The SMILES string of the molecule is Cc1cccc(C2C(C#N)=C(N)N(c3nnc(SCC(=O)Nc4ccc(F)cc4F)s3)C3=C2C(=O)CCC3)c1. The number of nitrogens with one attached hydrogen (secondary N) is 1.